The van der Waals surface area contributed by atoms with Crippen molar-refractivity contribution in [3.8, 4) is 0 Å². The van der Waals surface area contributed by atoms with Crippen molar-refractivity contribution in [2.24, 2.45) is 22.7 Å². The monoisotopic (exact) mass is 1120 g/mol. The van der Waals surface area contributed by atoms with E-state index in [1.807, 2.05) is 36.4 Å². The number of carbonyl (C=O) groups excluding carboxylic acids is 4. The first-order chi connectivity index (χ1) is 35.8. The number of rotatable bonds is 10. The van der Waals surface area contributed by atoms with E-state index in [1.165, 1.54) is 24.3 Å². The third kappa shape index (κ3) is 11.0. The third-order valence-corrected chi connectivity index (χ3v) is 18.2. The van der Waals surface area contributed by atoms with Crippen molar-refractivity contribution < 1.29 is 38.2 Å². The fourth-order valence-corrected chi connectivity index (χ4v) is 14.6. The van der Waals surface area contributed by atoms with Crippen molar-refractivity contribution >= 4 is 81.2 Å². The number of nitrogens with one attached hydrogen (secondary N) is 4. The van der Waals surface area contributed by atoms with E-state index in [0.717, 1.165) is 36.8 Å². The van der Waals surface area contributed by atoms with Gasteiger partial charge in [-0.25, -0.2) is 8.78 Å². The van der Waals surface area contributed by atoms with Gasteiger partial charge in [-0.1, -0.05) is 112 Å². The first-order valence-electron chi connectivity index (χ1n) is 26.9. The van der Waals surface area contributed by atoms with Crippen LogP contribution in [0.3, 0.4) is 0 Å². The molecule has 4 fully saturated rings. The van der Waals surface area contributed by atoms with Crippen molar-refractivity contribution in [2.75, 3.05) is 10.6 Å². The largest absolute Gasteiger partial charge is 0.393 e. The van der Waals surface area contributed by atoms with Crippen molar-refractivity contribution in [1.29, 1.82) is 0 Å². The van der Waals surface area contributed by atoms with Gasteiger partial charge in [-0.15, -0.1) is 0 Å². The molecule has 10 rings (SSSR count). The maximum atomic E-state index is 15.0. The average Bonchev–Trinajstić information content (AvgIpc) is 4.10. The lowest BCUT2D eigenvalue weighted by atomic mass is 9.62. The van der Waals surface area contributed by atoms with Crippen LogP contribution in [0.2, 0.25) is 20.1 Å². The van der Waals surface area contributed by atoms with Gasteiger partial charge in [-0.3, -0.25) is 19.2 Å². The third-order valence-electron chi connectivity index (χ3n) is 17.1. The molecule has 2 saturated heterocycles. The molecule has 6 N–H and O–H groups in total. The summed E-state index contributed by atoms with van der Waals surface area (Å²) in [6.07, 6.45) is 7.26. The lowest BCUT2D eigenvalue weighted by Gasteiger charge is -2.37. The molecule has 2 aliphatic carbocycles. The number of fused-ring (bicyclic) bond motifs is 4. The number of aliphatic hydroxyl groups is 2. The fourth-order valence-electron chi connectivity index (χ4n) is 13.9. The van der Waals surface area contributed by atoms with Crippen LogP contribution in [-0.4, -0.2) is 70.0 Å². The van der Waals surface area contributed by atoms with Crippen molar-refractivity contribution in [3.63, 3.8) is 0 Å². The summed E-state index contributed by atoms with van der Waals surface area (Å²) in [6.45, 7) is 12.6. The number of benzene rings is 4. The number of Topliss-reactive ketones (excluding diaryl/α,β-unsaturated/α-hetero) is 2. The maximum absolute atomic E-state index is 15.0. The quantitative estimate of drug-likeness (QED) is 0.0917. The molecule has 10 nitrogen and oxygen atoms in total. The molecule has 2 spiro atoms. The van der Waals surface area contributed by atoms with Gasteiger partial charge in [0.25, 0.3) is 0 Å². The van der Waals surface area contributed by atoms with Crippen LogP contribution in [0.4, 0.5) is 20.2 Å². The Morgan fingerprint density at radius 2 is 0.921 bits per heavy atom. The molecule has 4 aromatic rings. The molecule has 8 atom stereocenters. The predicted octanol–water partition coefficient (Wildman–Crippen LogP) is 12.8. The number of amides is 2. The Balaban J connectivity index is 0.000000186. The van der Waals surface area contributed by atoms with Crippen LogP contribution < -0.4 is 21.3 Å². The van der Waals surface area contributed by atoms with E-state index in [1.54, 1.807) is 12.1 Å². The highest BCUT2D eigenvalue weighted by molar-refractivity contribution is 6.32. The second-order valence-corrected chi connectivity index (χ2v) is 26.6. The first-order valence-corrected chi connectivity index (χ1v) is 28.4. The minimum absolute atomic E-state index is 0.0304. The lowest BCUT2D eigenvalue weighted by molar-refractivity contribution is -0.125. The van der Waals surface area contributed by atoms with E-state index in [0.29, 0.717) is 83.9 Å². The number of ketones is 2. The summed E-state index contributed by atoms with van der Waals surface area (Å²) in [5.41, 5.74) is 0.675. The van der Waals surface area contributed by atoms with Gasteiger partial charge in [0.2, 0.25) is 11.8 Å². The zero-order chi connectivity index (χ0) is 54.8. The van der Waals surface area contributed by atoms with Gasteiger partial charge in [0.1, 0.15) is 22.5 Å². The molecule has 408 valence electrons. The molecule has 0 bridgehead atoms. The number of hydrogen-bond acceptors (Lipinski definition) is 8. The topological polar surface area (TPSA) is 157 Å². The molecule has 0 radical (unpaired) electrons. The highest BCUT2D eigenvalue weighted by Crippen LogP contribution is 2.59. The van der Waals surface area contributed by atoms with Crippen molar-refractivity contribution in [1.82, 2.24) is 10.6 Å². The first kappa shape index (κ1) is 56.7. The molecule has 4 aromatic carbocycles. The Labute approximate surface area is 465 Å². The fraction of sp³-hybridized carbons (Fsp3) is 0.533. The van der Waals surface area contributed by atoms with Crippen molar-refractivity contribution in [2.45, 2.75) is 178 Å². The normalized spacial score (nSPS) is 30.9. The van der Waals surface area contributed by atoms with Gasteiger partial charge < -0.3 is 31.5 Å². The van der Waals surface area contributed by atoms with E-state index in [-0.39, 0.29) is 68.3 Å². The number of anilines is 2. The van der Waals surface area contributed by atoms with Crippen LogP contribution in [0, 0.1) is 34.3 Å². The Morgan fingerprint density at radius 1 is 0.566 bits per heavy atom. The van der Waals surface area contributed by atoms with Gasteiger partial charge in [0, 0.05) is 58.2 Å². The molecule has 4 aliphatic heterocycles. The molecule has 4 unspecified atom stereocenters. The number of halogens is 6. The number of hydrogen-bond donors (Lipinski definition) is 6. The zero-order valence-corrected chi connectivity index (χ0v) is 47.0. The van der Waals surface area contributed by atoms with Crippen LogP contribution in [-0.2, 0) is 30.0 Å². The summed E-state index contributed by atoms with van der Waals surface area (Å²) >= 11 is 25.1. The number of carbonyl (C=O) groups is 4. The highest BCUT2D eigenvalue weighted by Gasteiger charge is 2.67. The summed E-state index contributed by atoms with van der Waals surface area (Å²) in [4.78, 5) is 56.4. The van der Waals surface area contributed by atoms with Crippen LogP contribution in [0.15, 0.2) is 72.8 Å². The van der Waals surface area contributed by atoms with Gasteiger partial charge in [-0.2, -0.15) is 0 Å². The van der Waals surface area contributed by atoms with Crippen LogP contribution in [0.25, 0.3) is 0 Å². The summed E-state index contributed by atoms with van der Waals surface area (Å²) < 4.78 is 30.0. The minimum atomic E-state index is -1.23. The molecule has 2 amide bonds. The van der Waals surface area contributed by atoms with Gasteiger partial charge in [0.15, 0.2) is 11.6 Å². The van der Waals surface area contributed by atoms with E-state index in [9.17, 15) is 38.2 Å². The zero-order valence-electron chi connectivity index (χ0n) is 44.0. The molecule has 16 heteroatoms. The molecule has 2 saturated carbocycles. The average molecular weight is 1120 g/mol. The molecule has 0 aromatic heterocycles. The van der Waals surface area contributed by atoms with Gasteiger partial charge in [-0.05, 0) is 158 Å². The molecular weight excluding hydrogens is 1050 g/mol. The second kappa shape index (κ2) is 21.9. The molecule has 4 heterocycles. The Hall–Kier alpha value is -3.98. The Morgan fingerprint density at radius 3 is 1.25 bits per heavy atom. The molecular formula is C60H70Cl4F2N4O6. The second-order valence-electron chi connectivity index (χ2n) is 24.9. The van der Waals surface area contributed by atoms with Gasteiger partial charge in [0.05, 0.1) is 34.3 Å². The number of aliphatic hydroxyl groups excluding tert-OH is 2. The summed E-state index contributed by atoms with van der Waals surface area (Å²) in [5, 5.41) is 33.9. The summed E-state index contributed by atoms with van der Waals surface area (Å²) in [6, 6.07) is 18.0. The summed E-state index contributed by atoms with van der Waals surface area (Å²) in [5.74, 6) is -2.50. The lowest BCUT2D eigenvalue weighted by Crippen LogP contribution is -2.49. The van der Waals surface area contributed by atoms with Crippen LogP contribution in [0.1, 0.15) is 153 Å². The van der Waals surface area contributed by atoms with Crippen LogP contribution in [0.5, 0.6) is 0 Å². The van der Waals surface area contributed by atoms with Crippen LogP contribution >= 0.6 is 46.4 Å². The molecule has 6 aliphatic rings. The van der Waals surface area contributed by atoms with E-state index in [2.05, 4.69) is 62.8 Å². The standard InChI is InChI=1S/2C30H35Cl2FN2O3/c2*1-29(2,3)15-25-30(20-13-22(33)21(32)14-23(20)34-28(30)38)26(17-5-4-6-18(31)12-17)27(35-25)24(37)11-16-7-9-19(36)10-8-16/h2*4-6,12-14,16,19,25-27,35-36H,7-11,15H2,1-3H3,(H,34,38)/t16?,19?,25-,26-,27-,30+;/m0./s1. The smallest absolute Gasteiger partial charge is 0.237 e. The van der Waals surface area contributed by atoms with Gasteiger partial charge >= 0.3 is 0 Å². The Bertz CT molecular complexity index is 2700. The molecule has 76 heavy (non-hydrogen) atoms. The Kier molecular flexibility index (Phi) is 16.4. The predicted molar refractivity (Wildman–Crippen MR) is 297 cm³/mol. The van der Waals surface area contributed by atoms with E-state index < -0.39 is 58.5 Å². The maximum Gasteiger partial charge on any atom is 0.237 e. The van der Waals surface area contributed by atoms with Crippen molar-refractivity contribution in [3.05, 3.63) is 127 Å². The summed E-state index contributed by atoms with van der Waals surface area (Å²) in [7, 11) is 0. The minimum Gasteiger partial charge on any atom is -0.393 e. The SMILES string of the molecule is CC(C)(C)CC1NC(C(=O)CC2CCC(O)CC2)C(c2cccc(Cl)c2)C12C(=O)Nc1cc(Cl)c(F)cc12.CC(C)(C)C[C@@H]1N[C@@H](C(=O)CC2CCC(O)CC2)[C@H](c2cccc(Cl)c2)[C@]12C(=O)Nc1cc(Cl)c(F)cc12. The van der Waals surface area contributed by atoms with E-state index in [4.69, 9.17) is 46.4 Å². The highest BCUT2D eigenvalue weighted by atomic mass is 35.5. The van der Waals surface area contributed by atoms with E-state index >= 15 is 0 Å².